The van der Waals surface area contributed by atoms with Gasteiger partial charge in [-0.2, -0.15) is 0 Å². The van der Waals surface area contributed by atoms with Gasteiger partial charge in [0.1, 0.15) is 0 Å². The summed E-state index contributed by atoms with van der Waals surface area (Å²) >= 11 is 1.73. The minimum absolute atomic E-state index is 0.00539. The first kappa shape index (κ1) is 14.4. The van der Waals surface area contributed by atoms with E-state index in [2.05, 4.69) is 25.2 Å². The molecule has 1 amide bonds. The van der Waals surface area contributed by atoms with Gasteiger partial charge in [-0.1, -0.05) is 32.0 Å². The van der Waals surface area contributed by atoms with E-state index in [0.29, 0.717) is 5.92 Å². The summed E-state index contributed by atoms with van der Waals surface area (Å²) in [5, 5.41) is 12.3. The molecule has 0 radical (unpaired) electrons. The number of hydrogen-bond donors (Lipinski definition) is 2. The Morgan fingerprint density at radius 3 is 2.89 bits per heavy atom. The molecule has 1 aliphatic rings. The fourth-order valence-corrected chi connectivity index (χ4v) is 3.66. The van der Waals surface area contributed by atoms with Crippen LogP contribution in [0.1, 0.15) is 31.7 Å². The summed E-state index contributed by atoms with van der Waals surface area (Å²) in [7, 11) is 0. The Hall–Kier alpha value is -1.00. The third-order valence-corrected chi connectivity index (χ3v) is 4.52. The molecule has 2 rings (SSSR count). The van der Waals surface area contributed by atoms with Crippen LogP contribution in [0.25, 0.3) is 0 Å². The first-order valence-corrected chi connectivity index (χ1v) is 7.73. The van der Waals surface area contributed by atoms with E-state index in [1.807, 2.05) is 18.2 Å². The van der Waals surface area contributed by atoms with Crippen molar-refractivity contribution in [2.75, 3.05) is 12.4 Å². The van der Waals surface area contributed by atoms with Crippen LogP contribution in [0.4, 0.5) is 0 Å². The molecule has 1 heterocycles. The molecule has 1 aliphatic heterocycles. The topological polar surface area (TPSA) is 49.3 Å². The van der Waals surface area contributed by atoms with Crippen molar-refractivity contribution in [3.05, 3.63) is 29.8 Å². The first-order chi connectivity index (χ1) is 9.11. The zero-order valence-electron chi connectivity index (χ0n) is 11.4. The molecule has 0 aliphatic carbocycles. The predicted molar refractivity (Wildman–Crippen MR) is 78.4 cm³/mol. The SMILES string of the molecule is CC(C)CC(CO)NC(=O)C1CSc2ccccc21. The van der Waals surface area contributed by atoms with Gasteiger partial charge in [0.25, 0.3) is 0 Å². The maximum absolute atomic E-state index is 12.3. The molecule has 2 N–H and O–H groups in total. The lowest BCUT2D eigenvalue weighted by atomic mass is 9.99. The third-order valence-electron chi connectivity index (χ3n) is 3.34. The lowest BCUT2D eigenvalue weighted by Gasteiger charge is -2.20. The third kappa shape index (κ3) is 3.51. The van der Waals surface area contributed by atoms with Crippen LogP contribution in [-0.4, -0.2) is 29.4 Å². The Morgan fingerprint density at radius 2 is 2.21 bits per heavy atom. The summed E-state index contributed by atoms with van der Waals surface area (Å²) in [5.74, 6) is 1.22. The summed E-state index contributed by atoms with van der Waals surface area (Å²) in [6, 6.07) is 7.93. The van der Waals surface area contributed by atoms with Gasteiger partial charge in [0.2, 0.25) is 5.91 Å². The second kappa shape index (κ2) is 6.44. The summed E-state index contributed by atoms with van der Waals surface area (Å²) in [5.41, 5.74) is 1.12. The molecular formula is C15H21NO2S. The van der Waals surface area contributed by atoms with E-state index in [-0.39, 0.29) is 24.5 Å². The maximum Gasteiger partial charge on any atom is 0.228 e. The van der Waals surface area contributed by atoms with Gasteiger partial charge in [0, 0.05) is 10.6 Å². The van der Waals surface area contributed by atoms with Crippen LogP contribution in [0.2, 0.25) is 0 Å². The first-order valence-electron chi connectivity index (χ1n) is 6.74. The molecule has 0 saturated heterocycles. The minimum Gasteiger partial charge on any atom is -0.394 e. The molecule has 0 spiro atoms. The van der Waals surface area contributed by atoms with Crippen LogP contribution in [0.15, 0.2) is 29.2 Å². The number of carbonyl (C=O) groups excluding carboxylic acids is 1. The van der Waals surface area contributed by atoms with Crippen molar-refractivity contribution in [3.63, 3.8) is 0 Å². The molecule has 2 atom stereocenters. The summed E-state index contributed by atoms with van der Waals surface area (Å²) in [6.07, 6.45) is 0.809. The zero-order valence-corrected chi connectivity index (χ0v) is 12.2. The standard InChI is InChI=1S/C15H21NO2S/c1-10(2)7-11(8-17)16-15(18)13-9-19-14-6-4-3-5-12(13)14/h3-6,10-11,13,17H,7-9H2,1-2H3,(H,16,18). The molecule has 1 aromatic rings. The monoisotopic (exact) mass is 279 g/mol. The molecule has 0 aromatic heterocycles. The van der Waals surface area contributed by atoms with E-state index in [1.54, 1.807) is 11.8 Å². The van der Waals surface area contributed by atoms with Crippen molar-refractivity contribution >= 4 is 17.7 Å². The van der Waals surface area contributed by atoms with E-state index in [9.17, 15) is 9.90 Å². The number of thioether (sulfide) groups is 1. The number of carbonyl (C=O) groups is 1. The smallest absolute Gasteiger partial charge is 0.228 e. The van der Waals surface area contributed by atoms with E-state index < -0.39 is 0 Å². The highest BCUT2D eigenvalue weighted by Gasteiger charge is 2.30. The van der Waals surface area contributed by atoms with E-state index in [1.165, 1.54) is 4.90 Å². The van der Waals surface area contributed by atoms with Crippen molar-refractivity contribution in [2.24, 2.45) is 5.92 Å². The van der Waals surface area contributed by atoms with Gasteiger partial charge < -0.3 is 10.4 Å². The predicted octanol–water partition coefficient (Wildman–Crippen LogP) is 2.40. The molecule has 0 fully saturated rings. The van der Waals surface area contributed by atoms with Gasteiger partial charge >= 0.3 is 0 Å². The molecule has 0 bridgehead atoms. The largest absolute Gasteiger partial charge is 0.394 e. The van der Waals surface area contributed by atoms with Crippen molar-refractivity contribution in [1.29, 1.82) is 0 Å². The zero-order chi connectivity index (χ0) is 13.8. The lowest BCUT2D eigenvalue weighted by Crippen LogP contribution is -2.41. The Labute approximate surface area is 118 Å². The van der Waals surface area contributed by atoms with Crippen molar-refractivity contribution < 1.29 is 9.90 Å². The van der Waals surface area contributed by atoms with Crippen LogP contribution in [0, 0.1) is 5.92 Å². The number of fused-ring (bicyclic) bond motifs is 1. The number of aliphatic hydroxyl groups excluding tert-OH is 1. The quantitative estimate of drug-likeness (QED) is 0.870. The minimum atomic E-state index is -0.134. The van der Waals surface area contributed by atoms with Crippen molar-refractivity contribution in [3.8, 4) is 0 Å². The molecule has 1 aromatic carbocycles. The van der Waals surface area contributed by atoms with Gasteiger partial charge in [0.15, 0.2) is 0 Å². The van der Waals surface area contributed by atoms with Crippen LogP contribution < -0.4 is 5.32 Å². The van der Waals surface area contributed by atoms with Crippen LogP contribution in [-0.2, 0) is 4.79 Å². The average Bonchev–Trinajstić information content (AvgIpc) is 2.81. The van der Waals surface area contributed by atoms with E-state index >= 15 is 0 Å². The molecule has 104 valence electrons. The summed E-state index contributed by atoms with van der Waals surface area (Å²) in [6.45, 7) is 4.19. The molecule has 0 saturated carbocycles. The average molecular weight is 279 g/mol. The molecule has 19 heavy (non-hydrogen) atoms. The number of benzene rings is 1. The molecule has 2 unspecified atom stereocenters. The highest BCUT2D eigenvalue weighted by Crippen LogP contribution is 2.39. The Balaban J connectivity index is 2.01. The number of nitrogens with one attached hydrogen (secondary N) is 1. The summed E-state index contributed by atoms with van der Waals surface area (Å²) < 4.78 is 0. The van der Waals surface area contributed by atoms with Gasteiger partial charge in [-0.25, -0.2) is 0 Å². The molecule has 3 nitrogen and oxygen atoms in total. The number of rotatable bonds is 5. The van der Waals surface area contributed by atoms with Crippen molar-refractivity contribution in [2.45, 2.75) is 37.1 Å². The Morgan fingerprint density at radius 1 is 1.47 bits per heavy atom. The van der Waals surface area contributed by atoms with Crippen molar-refractivity contribution in [1.82, 2.24) is 5.32 Å². The second-order valence-corrected chi connectivity index (χ2v) is 6.48. The van der Waals surface area contributed by atoms with Gasteiger partial charge in [-0.05, 0) is 24.0 Å². The second-order valence-electron chi connectivity index (χ2n) is 5.42. The van der Waals surface area contributed by atoms with Crippen LogP contribution in [0.3, 0.4) is 0 Å². The lowest BCUT2D eigenvalue weighted by molar-refractivity contribution is -0.123. The van der Waals surface area contributed by atoms with Crippen LogP contribution >= 0.6 is 11.8 Å². The summed E-state index contributed by atoms with van der Waals surface area (Å²) in [4.78, 5) is 13.5. The van der Waals surface area contributed by atoms with Crippen LogP contribution in [0.5, 0.6) is 0 Å². The van der Waals surface area contributed by atoms with E-state index in [0.717, 1.165) is 17.7 Å². The number of amides is 1. The Kier molecular flexibility index (Phi) is 4.88. The normalized spacial score (nSPS) is 19.3. The maximum atomic E-state index is 12.3. The fraction of sp³-hybridized carbons (Fsp3) is 0.533. The van der Waals surface area contributed by atoms with Gasteiger partial charge in [-0.3, -0.25) is 4.79 Å². The van der Waals surface area contributed by atoms with Gasteiger partial charge in [0.05, 0.1) is 18.6 Å². The van der Waals surface area contributed by atoms with Gasteiger partial charge in [-0.15, -0.1) is 11.8 Å². The number of aliphatic hydroxyl groups is 1. The molecule has 4 heteroatoms. The Bertz CT molecular complexity index is 448. The number of hydrogen-bond acceptors (Lipinski definition) is 3. The highest BCUT2D eigenvalue weighted by molar-refractivity contribution is 7.99. The highest BCUT2D eigenvalue weighted by atomic mass is 32.2. The molecular weight excluding hydrogens is 258 g/mol. The van der Waals surface area contributed by atoms with E-state index in [4.69, 9.17) is 0 Å². The fourth-order valence-electron chi connectivity index (χ4n) is 2.43.